The van der Waals surface area contributed by atoms with Crippen molar-refractivity contribution < 1.29 is 9.18 Å². The van der Waals surface area contributed by atoms with Gasteiger partial charge in [-0.15, -0.1) is 10.2 Å². The Balaban J connectivity index is 1.89. The summed E-state index contributed by atoms with van der Waals surface area (Å²) < 4.78 is 13.0. The van der Waals surface area contributed by atoms with Crippen LogP contribution in [-0.4, -0.2) is 16.1 Å². The van der Waals surface area contributed by atoms with E-state index in [0.717, 1.165) is 21.7 Å². The standard InChI is InChI=1S/C19H18FN3OS/c1-10-9-11(2)13(4)16(12(10)3)18-22-23-19(25-18)21-17(24)14-5-7-15(20)8-6-14/h5-9H,1-4H3,(H,21,23,24). The molecule has 0 saturated carbocycles. The van der Waals surface area contributed by atoms with E-state index in [4.69, 9.17) is 0 Å². The third-order valence-electron chi connectivity index (χ3n) is 4.33. The summed E-state index contributed by atoms with van der Waals surface area (Å²) in [6.07, 6.45) is 0. The minimum atomic E-state index is -0.379. The molecule has 4 nitrogen and oxygen atoms in total. The van der Waals surface area contributed by atoms with Gasteiger partial charge in [-0.25, -0.2) is 4.39 Å². The van der Waals surface area contributed by atoms with Crippen LogP contribution in [0.15, 0.2) is 30.3 Å². The van der Waals surface area contributed by atoms with Crippen LogP contribution < -0.4 is 5.32 Å². The molecule has 0 aliphatic carbocycles. The van der Waals surface area contributed by atoms with Crippen LogP contribution in [0.4, 0.5) is 9.52 Å². The Hall–Kier alpha value is -2.60. The summed E-state index contributed by atoms with van der Waals surface area (Å²) in [6, 6.07) is 7.54. The van der Waals surface area contributed by atoms with Crippen LogP contribution in [0.3, 0.4) is 0 Å². The van der Waals surface area contributed by atoms with Crippen molar-refractivity contribution >= 4 is 22.4 Å². The zero-order chi connectivity index (χ0) is 18.1. The molecular weight excluding hydrogens is 337 g/mol. The van der Waals surface area contributed by atoms with Gasteiger partial charge in [0.25, 0.3) is 5.91 Å². The number of hydrogen-bond donors (Lipinski definition) is 1. The van der Waals surface area contributed by atoms with Crippen LogP contribution in [0, 0.1) is 33.5 Å². The van der Waals surface area contributed by atoms with Gasteiger partial charge in [0, 0.05) is 11.1 Å². The summed E-state index contributed by atoms with van der Waals surface area (Å²) in [5.74, 6) is -0.716. The predicted molar refractivity (Wildman–Crippen MR) is 98.6 cm³/mol. The maximum Gasteiger partial charge on any atom is 0.257 e. The number of hydrogen-bond acceptors (Lipinski definition) is 4. The van der Waals surface area contributed by atoms with Gasteiger partial charge in [0.1, 0.15) is 10.8 Å². The zero-order valence-corrected chi connectivity index (χ0v) is 15.3. The van der Waals surface area contributed by atoms with Gasteiger partial charge in [-0.3, -0.25) is 10.1 Å². The molecule has 6 heteroatoms. The minimum absolute atomic E-state index is 0.337. The number of nitrogens with zero attached hydrogens (tertiary/aromatic N) is 2. The first-order valence-electron chi connectivity index (χ1n) is 7.85. The molecule has 2 aromatic carbocycles. The van der Waals surface area contributed by atoms with Crippen LogP contribution in [0.2, 0.25) is 0 Å². The highest BCUT2D eigenvalue weighted by atomic mass is 32.1. The first-order chi connectivity index (χ1) is 11.9. The number of aromatic nitrogens is 2. The summed E-state index contributed by atoms with van der Waals surface area (Å²) in [5, 5.41) is 12.2. The van der Waals surface area contributed by atoms with Gasteiger partial charge >= 0.3 is 0 Å². The summed E-state index contributed by atoms with van der Waals surface area (Å²) in [4.78, 5) is 12.2. The average molecular weight is 355 g/mol. The van der Waals surface area contributed by atoms with Crippen molar-refractivity contribution in [2.75, 3.05) is 5.32 Å². The van der Waals surface area contributed by atoms with Crippen molar-refractivity contribution in [1.82, 2.24) is 10.2 Å². The molecule has 0 unspecified atom stereocenters. The number of amides is 1. The topological polar surface area (TPSA) is 54.9 Å². The maximum atomic E-state index is 13.0. The van der Waals surface area contributed by atoms with Gasteiger partial charge in [0.05, 0.1) is 0 Å². The highest BCUT2D eigenvalue weighted by Gasteiger charge is 2.16. The van der Waals surface area contributed by atoms with Gasteiger partial charge in [-0.1, -0.05) is 17.4 Å². The Bertz CT molecular complexity index is 922. The van der Waals surface area contributed by atoms with E-state index in [1.165, 1.54) is 46.7 Å². The van der Waals surface area contributed by atoms with Crippen molar-refractivity contribution in [3.63, 3.8) is 0 Å². The molecule has 0 aliphatic rings. The van der Waals surface area contributed by atoms with Gasteiger partial charge in [0.15, 0.2) is 0 Å². The van der Waals surface area contributed by atoms with E-state index in [-0.39, 0.29) is 11.7 Å². The SMILES string of the molecule is Cc1cc(C)c(C)c(-c2nnc(NC(=O)c3ccc(F)cc3)s2)c1C. The number of halogens is 1. The highest BCUT2D eigenvalue weighted by Crippen LogP contribution is 2.34. The van der Waals surface area contributed by atoms with E-state index in [1.807, 2.05) is 0 Å². The highest BCUT2D eigenvalue weighted by molar-refractivity contribution is 7.18. The maximum absolute atomic E-state index is 13.0. The average Bonchev–Trinajstić information content (AvgIpc) is 3.02. The fourth-order valence-electron chi connectivity index (χ4n) is 2.68. The Morgan fingerprint density at radius 1 is 1.00 bits per heavy atom. The van der Waals surface area contributed by atoms with Crippen molar-refractivity contribution in [1.29, 1.82) is 0 Å². The Morgan fingerprint density at radius 2 is 1.60 bits per heavy atom. The molecule has 0 saturated heterocycles. The quantitative estimate of drug-likeness (QED) is 0.732. The molecule has 1 aromatic heterocycles. The van der Waals surface area contributed by atoms with E-state index in [0.29, 0.717) is 10.7 Å². The number of nitrogens with one attached hydrogen (secondary N) is 1. The van der Waals surface area contributed by atoms with E-state index in [2.05, 4.69) is 49.3 Å². The summed E-state index contributed by atoms with van der Waals surface area (Å²) in [5.41, 5.74) is 6.16. The van der Waals surface area contributed by atoms with E-state index in [1.54, 1.807) is 0 Å². The van der Waals surface area contributed by atoms with Crippen LogP contribution in [-0.2, 0) is 0 Å². The molecule has 3 rings (SSSR count). The molecule has 1 heterocycles. The molecule has 0 aliphatic heterocycles. The van der Waals surface area contributed by atoms with E-state index in [9.17, 15) is 9.18 Å². The number of rotatable bonds is 3. The van der Waals surface area contributed by atoms with Crippen molar-refractivity contribution in [2.24, 2.45) is 0 Å². The lowest BCUT2D eigenvalue weighted by molar-refractivity contribution is 0.102. The second-order valence-corrected chi connectivity index (χ2v) is 6.99. The third-order valence-corrected chi connectivity index (χ3v) is 5.19. The number of carbonyl (C=O) groups is 1. The molecule has 128 valence electrons. The second kappa shape index (κ2) is 6.72. The summed E-state index contributed by atoms with van der Waals surface area (Å²) >= 11 is 1.33. The lowest BCUT2D eigenvalue weighted by Gasteiger charge is -2.12. The second-order valence-electron chi connectivity index (χ2n) is 6.01. The van der Waals surface area contributed by atoms with Gasteiger partial charge < -0.3 is 0 Å². The van der Waals surface area contributed by atoms with Crippen molar-refractivity contribution in [3.8, 4) is 10.6 Å². The fraction of sp³-hybridized carbons (Fsp3) is 0.211. The molecule has 0 radical (unpaired) electrons. The van der Waals surface area contributed by atoms with E-state index < -0.39 is 0 Å². The van der Waals surface area contributed by atoms with Crippen molar-refractivity contribution in [2.45, 2.75) is 27.7 Å². The number of carbonyl (C=O) groups excluding carboxylic acids is 1. The molecule has 1 N–H and O–H groups in total. The van der Waals surface area contributed by atoms with Gasteiger partial charge in [-0.05, 0) is 74.2 Å². The Morgan fingerprint density at radius 3 is 2.20 bits per heavy atom. The predicted octanol–water partition coefficient (Wildman–Crippen LogP) is 4.83. The lowest BCUT2D eigenvalue weighted by atomic mass is 9.95. The van der Waals surface area contributed by atoms with Crippen LogP contribution in [0.1, 0.15) is 32.6 Å². The van der Waals surface area contributed by atoms with E-state index >= 15 is 0 Å². The first-order valence-corrected chi connectivity index (χ1v) is 8.66. The van der Waals surface area contributed by atoms with Crippen LogP contribution in [0.5, 0.6) is 0 Å². The molecule has 0 atom stereocenters. The van der Waals surface area contributed by atoms with Crippen LogP contribution >= 0.6 is 11.3 Å². The smallest absolute Gasteiger partial charge is 0.257 e. The molecule has 25 heavy (non-hydrogen) atoms. The molecule has 0 bridgehead atoms. The Kier molecular flexibility index (Phi) is 4.63. The Labute approximate surface area is 149 Å². The molecular formula is C19H18FN3OS. The summed E-state index contributed by atoms with van der Waals surface area (Å²) in [7, 11) is 0. The summed E-state index contributed by atoms with van der Waals surface area (Å²) in [6.45, 7) is 8.28. The third kappa shape index (κ3) is 3.44. The zero-order valence-electron chi connectivity index (χ0n) is 14.5. The minimum Gasteiger partial charge on any atom is -0.296 e. The number of benzene rings is 2. The van der Waals surface area contributed by atoms with Crippen molar-refractivity contribution in [3.05, 3.63) is 64.0 Å². The molecule has 3 aromatic rings. The normalized spacial score (nSPS) is 10.8. The van der Waals surface area contributed by atoms with Crippen LogP contribution in [0.25, 0.3) is 10.6 Å². The molecule has 1 amide bonds. The van der Waals surface area contributed by atoms with Gasteiger partial charge in [0.2, 0.25) is 5.13 Å². The van der Waals surface area contributed by atoms with Gasteiger partial charge in [-0.2, -0.15) is 0 Å². The molecule has 0 fully saturated rings. The molecule has 0 spiro atoms. The largest absolute Gasteiger partial charge is 0.296 e. The fourth-order valence-corrected chi connectivity index (χ4v) is 3.58. The lowest BCUT2D eigenvalue weighted by Crippen LogP contribution is -2.11. The number of aryl methyl sites for hydroxylation is 2. The number of anilines is 1. The first kappa shape index (κ1) is 17.2. The monoisotopic (exact) mass is 355 g/mol.